The maximum atomic E-state index is 11.9. The van der Waals surface area contributed by atoms with Crippen molar-refractivity contribution < 1.29 is 4.79 Å². The van der Waals surface area contributed by atoms with Crippen LogP contribution in [-0.2, 0) is 11.2 Å². The van der Waals surface area contributed by atoms with Crippen molar-refractivity contribution in [2.45, 2.75) is 26.2 Å². The Balaban J connectivity index is 1.58. The molecule has 0 saturated heterocycles. The molecule has 1 amide bonds. The Kier molecular flexibility index (Phi) is 7.11. The summed E-state index contributed by atoms with van der Waals surface area (Å²) in [5.74, 6) is 0.000444. The maximum Gasteiger partial charge on any atom is 0.225 e. The van der Waals surface area contributed by atoms with Gasteiger partial charge in [0, 0.05) is 23.7 Å². The number of halogens is 1. The highest BCUT2D eigenvalue weighted by molar-refractivity contribution is 6.31. The summed E-state index contributed by atoms with van der Waals surface area (Å²) in [6, 6.07) is 16.0. The second kappa shape index (κ2) is 9.33. The van der Waals surface area contributed by atoms with Crippen molar-refractivity contribution >= 4 is 23.2 Å². The quantitative estimate of drug-likeness (QED) is 0.712. The van der Waals surface area contributed by atoms with E-state index < -0.39 is 0 Å². The predicted molar refractivity (Wildman–Crippen MR) is 97.1 cm³/mol. The van der Waals surface area contributed by atoms with Crippen LogP contribution < -0.4 is 10.6 Å². The number of hydrogen-bond donors (Lipinski definition) is 2. The normalized spacial score (nSPS) is 10.5. The zero-order chi connectivity index (χ0) is 16.5. The predicted octanol–water partition coefficient (Wildman–Crippen LogP) is 4.20. The molecule has 0 aliphatic heterocycles. The molecule has 0 aliphatic rings. The van der Waals surface area contributed by atoms with Crippen molar-refractivity contribution in [3.63, 3.8) is 0 Å². The van der Waals surface area contributed by atoms with Crippen LogP contribution in [0.5, 0.6) is 0 Å². The number of anilines is 1. The molecule has 23 heavy (non-hydrogen) atoms. The summed E-state index contributed by atoms with van der Waals surface area (Å²) in [6.45, 7) is 3.53. The van der Waals surface area contributed by atoms with Crippen molar-refractivity contribution in [3.8, 4) is 0 Å². The lowest BCUT2D eigenvalue weighted by Crippen LogP contribution is -2.22. The summed E-state index contributed by atoms with van der Waals surface area (Å²) in [7, 11) is 0. The first-order valence-corrected chi connectivity index (χ1v) is 8.33. The van der Waals surface area contributed by atoms with Gasteiger partial charge >= 0.3 is 0 Å². The summed E-state index contributed by atoms with van der Waals surface area (Å²) in [5.41, 5.74) is 3.10. The first-order chi connectivity index (χ1) is 11.1. The van der Waals surface area contributed by atoms with Crippen LogP contribution >= 0.6 is 11.6 Å². The van der Waals surface area contributed by atoms with Crippen LogP contribution in [-0.4, -0.2) is 19.0 Å². The average Bonchev–Trinajstić information content (AvgIpc) is 2.55. The molecule has 2 N–H and O–H groups in total. The molecule has 0 aliphatic carbocycles. The van der Waals surface area contributed by atoms with E-state index in [1.54, 1.807) is 6.07 Å². The van der Waals surface area contributed by atoms with Gasteiger partial charge in [0.05, 0.1) is 0 Å². The van der Waals surface area contributed by atoms with Gasteiger partial charge in [-0.1, -0.05) is 48.0 Å². The number of amides is 1. The third-order valence-corrected chi connectivity index (χ3v) is 4.05. The van der Waals surface area contributed by atoms with E-state index in [4.69, 9.17) is 11.6 Å². The zero-order valence-electron chi connectivity index (χ0n) is 13.4. The lowest BCUT2D eigenvalue weighted by molar-refractivity contribution is -0.116. The van der Waals surface area contributed by atoms with Crippen molar-refractivity contribution in [1.82, 2.24) is 5.32 Å². The Labute approximate surface area is 143 Å². The topological polar surface area (TPSA) is 41.1 Å². The van der Waals surface area contributed by atoms with Gasteiger partial charge in [-0.2, -0.15) is 0 Å². The Bertz CT molecular complexity index is 629. The van der Waals surface area contributed by atoms with Crippen LogP contribution in [0.25, 0.3) is 0 Å². The molecular formula is C19H23ClN2O. The molecule has 0 spiro atoms. The van der Waals surface area contributed by atoms with Gasteiger partial charge in [-0.15, -0.1) is 0 Å². The van der Waals surface area contributed by atoms with Crippen molar-refractivity contribution in [1.29, 1.82) is 0 Å². The van der Waals surface area contributed by atoms with Gasteiger partial charge < -0.3 is 10.6 Å². The molecule has 0 heterocycles. The summed E-state index contributed by atoms with van der Waals surface area (Å²) in [6.07, 6.45) is 2.58. The van der Waals surface area contributed by atoms with E-state index in [1.165, 1.54) is 5.56 Å². The average molecular weight is 331 g/mol. The number of carbonyl (C=O) groups is 1. The first-order valence-electron chi connectivity index (χ1n) is 7.96. The maximum absolute atomic E-state index is 11.9. The second-order valence-electron chi connectivity index (χ2n) is 5.60. The third kappa shape index (κ3) is 6.43. The first kappa shape index (κ1) is 17.5. The highest BCUT2D eigenvalue weighted by atomic mass is 35.5. The number of rotatable bonds is 8. The molecule has 4 heteroatoms. The van der Waals surface area contributed by atoms with Crippen molar-refractivity contribution in [2.75, 3.05) is 18.4 Å². The zero-order valence-corrected chi connectivity index (χ0v) is 14.2. The molecule has 0 saturated carbocycles. The van der Waals surface area contributed by atoms with E-state index in [2.05, 4.69) is 34.9 Å². The van der Waals surface area contributed by atoms with Gasteiger partial charge in [0.1, 0.15) is 0 Å². The molecule has 122 valence electrons. The van der Waals surface area contributed by atoms with Gasteiger partial charge in [-0.05, 0) is 49.6 Å². The van der Waals surface area contributed by atoms with E-state index in [1.807, 2.05) is 25.1 Å². The third-order valence-electron chi connectivity index (χ3n) is 3.65. The molecule has 0 unspecified atom stereocenters. The Morgan fingerprint density at radius 1 is 1.09 bits per heavy atom. The van der Waals surface area contributed by atoms with Gasteiger partial charge in [-0.3, -0.25) is 4.79 Å². The number of nitrogens with one attached hydrogen (secondary N) is 2. The summed E-state index contributed by atoms with van der Waals surface area (Å²) in [5, 5.41) is 6.84. The Morgan fingerprint density at radius 2 is 1.87 bits per heavy atom. The van der Waals surface area contributed by atoms with Crippen LogP contribution in [0, 0.1) is 6.92 Å². The Morgan fingerprint density at radius 3 is 2.61 bits per heavy atom. The fourth-order valence-corrected chi connectivity index (χ4v) is 2.46. The summed E-state index contributed by atoms with van der Waals surface area (Å²) < 4.78 is 0. The molecule has 2 rings (SSSR count). The Hall–Kier alpha value is -1.84. The fourth-order valence-electron chi connectivity index (χ4n) is 2.28. The van der Waals surface area contributed by atoms with Crippen molar-refractivity contribution in [2.24, 2.45) is 0 Å². The van der Waals surface area contributed by atoms with Gasteiger partial charge in [0.2, 0.25) is 5.91 Å². The lowest BCUT2D eigenvalue weighted by Gasteiger charge is -2.08. The molecule has 0 bridgehead atoms. The summed E-state index contributed by atoms with van der Waals surface area (Å²) >= 11 is 6.05. The molecular weight excluding hydrogens is 308 g/mol. The largest absolute Gasteiger partial charge is 0.326 e. The standard InChI is InChI=1S/C19H23ClN2O/c1-15-9-10-17(14-18(15)20)22-19(23)11-13-21-12-5-8-16-6-3-2-4-7-16/h2-4,6-7,9-10,14,21H,5,8,11-13H2,1H3,(H,22,23). The monoisotopic (exact) mass is 330 g/mol. The van der Waals surface area contributed by atoms with Crippen LogP contribution in [0.1, 0.15) is 24.0 Å². The molecule has 0 aromatic heterocycles. The highest BCUT2D eigenvalue weighted by Crippen LogP contribution is 2.19. The van der Waals surface area contributed by atoms with Crippen LogP contribution in [0.2, 0.25) is 5.02 Å². The summed E-state index contributed by atoms with van der Waals surface area (Å²) in [4.78, 5) is 11.9. The number of hydrogen-bond acceptors (Lipinski definition) is 2. The van der Waals surface area contributed by atoms with E-state index in [0.717, 1.165) is 30.6 Å². The lowest BCUT2D eigenvalue weighted by atomic mass is 10.1. The SMILES string of the molecule is Cc1ccc(NC(=O)CCNCCCc2ccccc2)cc1Cl. The number of benzene rings is 2. The molecule has 2 aromatic carbocycles. The molecule has 2 aromatic rings. The van der Waals surface area contributed by atoms with Crippen LogP contribution in [0.15, 0.2) is 48.5 Å². The molecule has 0 fully saturated rings. The van der Waals surface area contributed by atoms with E-state index in [9.17, 15) is 4.79 Å². The number of aryl methyl sites for hydroxylation is 2. The van der Waals surface area contributed by atoms with Crippen LogP contribution in [0.4, 0.5) is 5.69 Å². The second-order valence-corrected chi connectivity index (χ2v) is 6.01. The van der Waals surface area contributed by atoms with Gasteiger partial charge in [0.25, 0.3) is 0 Å². The molecule has 3 nitrogen and oxygen atoms in total. The smallest absolute Gasteiger partial charge is 0.225 e. The van der Waals surface area contributed by atoms with Crippen LogP contribution in [0.3, 0.4) is 0 Å². The minimum absolute atomic E-state index is 0.000444. The van der Waals surface area contributed by atoms with E-state index in [0.29, 0.717) is 18.0 Å². The van der Waals surface area contributed by atoms with Gasteiger partial charge in [0.15, 0.2) is 0 Å². The van der Waals surface area contributed by atoms with E-state index >= 15 is 0 Å². The number of carbonyl (C=O) groups excluding carboxylic acids is 1. The van der Waals surface area contributed by atoms with Gasteiger partial charge in [-0.25, -0.2) is 0 Å². The molecule has 0 atom stereocenters. The minimum atomic E-state index is 0.000444. The molecule has 0 radical (unpaired) electrons. The van der Waals surface area contributed by atoms with E-state index in [-0.39, 0.29) is 5.91 Å². The minimum Gasteiger partial charge on any atom is -0.326 e. The van der Waals surface area contributed by atoms with Crippen molar-refractivity contribution in [3.05, 3.63) is 64.7 Å². The fraction of sp³-hybridized carbons (Fsp3) is 0.316. The highest BCUT2D eigenvalue weighted by Gasteiger charge is 2.03.